The van der Waals surface area contributed by atoms with Gasteiger partial charge in [-0.1, -0.05) is 102 Å². The van der Waals surface area contributed by atoms with Crippen molar-refractivity contribution in [3.63, 3.8) is 0 Å². The van der Waals surface area contributed by atoms with Gasteiger partial charge < -0.3 is 4.74 Å². The van der Waals surface area contributed by atoms with Gasteiger partial charge >= 0.3 is 0 Å². The van der Waals surface area contributed by atoms with Gasteiger partial charge in [-0.15, -0.1) is 0 Å². The van der Waals surface area contributed by atoms with Crippen LogP contribution in [0.25, 0.3) is 44.4 Å². The largest absolute Gasteiger partial charge is 0.457 e. The number of benzene rings is 4. The second kappa shape index (κ2) is 12.6. The molecular formula is C42H42N4O. The minimum atomic E-state index is -0.0190. The van der Waals surface area contributed by atoms with Crippen LogP contribution in [0.1, 0.15) is 65.8 Å². The van der Waals surface area contributed by atoms with E-state index in [1.807, 2.05) is 42.6 Å². The van der Waals surface area contributed by atoms with Gasteiger partial charge in [-0.05, 0) is 71.8 Å². The summed E-state index contributed by atoms with van der Waals surface area (Å²) in [4.78, 5) is 4.81. The van der Waals surface area contributed by atoms with E-state index in [1.54, 1.807) is 0 Å². The van der Waals surface area contributed by atoms with Crippen molar-refractivity contribution in [2.24, 2.45) is 0 Å². The second-order valence-electron chi connectivity index (χ2n) is 13.3. The van der Waals surface area contributed by atoms with Crippen molar-refractivity contribution < 1.29 is 6.11 Å². The lowest BCUT2D eigenvalue weighted by atomic mass is 9.88. The molecule has 7 rings (SSSR count). The van der Waals surface area contributed by atoms with E-state index in [0.717, 1.165) is 76.2 Å². The summed E-state index contributed by atoms with van der Waals surface area (Å²) in [6, 6.07) is 35.6. The highest BCUT2D eigenvalue weighted by Gasteiger charge is 2.21. The zero-order valence-electron chi connectivity index (χ0n) is 28.9. The Hall–Kier alpha value is -5.16. The maximum absolute atomic E-state index is 8.34. The first-order chi connectivity index (χ1) is 23.2. The van der Waals surface area contributed by atoms with Crippen LogP contribution in [0.4, 0.5) is 0 Å². The molecule has 0 unspecified atom stereocenters. The standard InChI is InChI=1S/C42H42N4O/c1-6-14-36-41(29-16-9-8-10-17-29)38(15-7-2)46(44-36)31-18-13-19-32(27-31)47-33-22-23-35-34-20-11-12-21-37(34)45(39(35)28-33)40-26-30(24-25-43-40)42(3,4)5/h8-13,16-28H,6-7,14-15H2,1-5H3/i11D. The molecule has 0 bridgehead atoms. The van der Waals surface area contributed by atoms with E-state index in [9.17, 15) is 0 Å². The van der Waals surface area contributed by atoms with Gasteiger partial charge in [0.2, 0.25) is 0 Å². The average Bonchev–Trinajstić information content (AvgIpc) is 3.60. The molecule has 5 heteroatoms. The molecule has 0 saturated heterocycles. The molecule has 0 aliphatic carbocycles. The molecular weight excluding hydrogens is 576 g/mol. The SMILES string of the molecule is [2H]c1ccc2c(c1)c1ccc(Oc3cccc(-n4nc(CCC)c(-c5ccccc5)c4CCC)c3)cc1n2-c1cc(C(C)(C)C)ccn1. The van der Waals surface area contributed by atoms with Crippen LogP contribution in [0.3, 0.4) is 0 Å². The average molecular weight is 620 g/mol. The summed E-state index contributed by atoms with van der Waals surface area (Å²) in [6.07, 6.45) is 5.79. The molecule has 0 aliphatic rings. The highest BCUT2D eigenvalue weighted by molar-refractivity contribution is 6.09. The van der Waals surface area contributed by atoms with E-state index in [-0.39, 0.29) is 5.41 Å². The minimum Gasteiger partial charge on any atom is -0.457 e. The Labute approximate surface area is 278 Å². The smallest absolute Gasteiger partial charge is 0.137 e. The van der Waals surface area contributed by atoms with Crippen molar-refractivity contribution in [3.8, 4) is 34.1 Å². The number of para-hydroxylation sites is 1. The van der Waals surface area contributed by atoms with Gasteiger partial charge in [0.1, 0.15) is 17.3 Å². The Morgan fingerprint density at radius 1 is 0.745 bits per heavy atom. The third kappa shape index (κ3) is 5.83. The molecule has 4 aromatic carbocycles. The van der Waals surface area contributed by atoms with Gasteiger partial charge in [-0.25, -0.2) is 9.67 Å². The molecule has 0 amide bonds. The zero-order valence-corrected chi connectivity index (χ0v) is 27.9. The quantitative estimate of drug-likeness (QED) is 0.161. The lowest BCUT2D eigenvalue weighted by Gasteiger charge is -2.20. The van der Waals surface area contributed by atoms with Crippen LogP contribution < -0.4 is 4.74 Å². The molecule has 3 heterocycles. The number of ether oxygens (including phenoxy) is 1. The summed E-state index contributed by atoms with van der Waals surface area (Å²) in [5.41, 5.74) is 9.00. The Bertz CT molecular complexity index is 2240. The van der Waals surface area contributed by atoms with Gasteiger partial charge in [0.15, 0.2) is 0 Å². The van der Waals surface area contributed by atoms with Crippen LogP contribution in [0.5, 0.6) is 11.5 Å². The normalized spacial score (nSPS) is 12.1. The zero-order chi connectivity index (χ0) is 33.4. The third-order valence-corrected chi connectivity index (χ3v) is 8.81. The first-order valence-corrected chi connectivity index (χ1v) is 16.7. The van der Waals surface area contributed by atoms with E-state index < -0.39 is 0 Å². The van der Waals surface area contributed by atoms with Crippen molar-refractivity contribution in [1.29, 1.82) is 0 Å². The number of hydrogen-bond donors (Lipinski definition) is 0. The molecule has 0 aliphatic heterocycles. The van der Waals surface area contributed by atoms with Crippen LogP contribution in [-0.2, 0) is 18.3 Å². The summed E-state index contributed by atoms with van der Waals surface area (Å²) in [7, 11) is 0. The number of aryl methyl sites for hydroxylation is 1. The highest BCUT2D eigenvalue weighted by atomic mass is 16.5. The molecule has 236 valence electrons. The van der Waals surface area contributed by atoms with Crippen LogP contribution >= 0.6 is 0 Å². The lowest BCUT2D eigenvalue weighted by molar-refractivity contribution is 0.482. The first-order valence-electron chi connectivity index (χ1n) is 17.2. The number of rotatable bonds is 9. The summed E-state index contributed by atoms with van der Waals surface area (Å²) in [5, 5.41) is 7.27. The second-order valence-corrected chi connectivity index (χ2v) is 13.3. The summed E-state index contributed by atoms with van der Waals surface area (Å²) >= 11 is 0. The molecule has 5 nitrogen and oxygen atoms in total. The fourth-order valence-corrected chi connectivity index (χ4v) is 6.55. The van der Waals surface area contributed by atoms with E-state index in [4.69, 9.17) is 16.2 Å². The van der Waals surface area contributed by atoms with Crippen LogP contribution in [0.15, 0.2) is 115 Å². The predicted octanol–water partition coefficient (Wildman–Crippen LogP) is 11.0. The fourth-order valence-electron chi connectivity index (χ4n) is 6.55. The maximum atomic E-state index is 8.34. The van der Waals surface area contributed by atoms with Crippen LogP contribution in [-0.4, -0.2) is 19.3 Å². The van der Waals surface area contributed by atoms with Crippen molar-refractivity contribution in [3.05, 3.63) is 132 Å². The molecule has 0 N–H and O–H groups in total. The van der Waals surface area contributed by atoms with Crippen molar-refractivity contribution >= 4 is 21.8 Å². The fraction of sp³-hybridized carbons (Fsp3) is 0.238. The summed E-state index contributed by atoms with van der Waals surface area (Å²) in [6.45, 7) is 11.1. The Morgan fingerprint density at radius 3 is 2.32 bits per heavy atom. The molecule has 7 aromatic rings. The van der Waals surface area contributed by atoms with Gasteiger partial charge in [-0.2, -0.15) is 5.10 Å². The number of aromatic nitrogens is 4. The summed E-state index contributed by atoms with van der Waals surface area (Å²) < 4.78 is 19.2. The molecule has 0 radical (unpaired) electrons. The van der Waals surface area contributed by atoms with Crippen molar-refractivity contribution in [2.75, 3.05) is 0 Å². The Balaban J connectivity index is 1.32. The number of nitrogens with zero attached hydrogens (tertiary/aromatic N) is 4. The highest BCUT2D eigenvalue weighted by Crippen LogP contribution is 2.37. The Kier molecular flexibility index (Phi) is 7.82. The first kappa shape index (κ1) is 29.3. The molecule has 0 spiro atoms. The summed E-state index contributed by atoms with van der Waals surface area (Å²) in [5.74, 6) is 2.32. The van der Waals surface area contributed by atoms with Crippen LogP contribution in [0.2, 0.25) is 0 Å². The minimum absolute atomic E-state index is 0.0190. The molecule has 0 fully saturated rings. The van der Waals surface area contributed by atoms with Crippen molar-refractivity contribution in [2.45, 2.75) is 65.7 Å². The van der Waals surface area contributed by atoms with Gasteiger partial charge in [0.05, 0.1) is 29.5 Å². The van der Waals surface area contributed by atoms with Gasteiger partial charge in [0, 0.05) is 34.7 Å². The van der Waals surface area contributed by atoms with Gasteiger partial charge in [-0.3, -0.25) is 4.57 Å². The number of fused-ring (bicyclic) bond motifs is 3. The van der Waals surface area contributed by atoms with E-state index in [1.165, 1.54) is 22.4 Å². The molecule has 0 atom stereocenters. The monoisotopic (exact) mass is 619 g/mol. The third-order valence-electron chi connectivity index (χ3n) is 8.81. The van der Waals surface area contributed by atoms with Crippen LogP contribution in [0, 0.1) is 0 Å². The molecule has 3 aromatic heterocycles. The number of pyridine rings is 1. The van der Waals surface area contributed by atoms with Gasteiger partial charge in [0.25, 0.3) is 0 Å². The predicted molar refractivity (Wildman–Crippen MR) is 194 cm³/mol. The number of hydrogen-bond acceptors (Lipinski definition) is 3. The lowest BCUT2D eigenvalue weighted by Crippen LogP contribution is -2.12. The van der Waals surface area contributed by atoms with E-state index in [0.29, 0.717) is 6.04 Å². The van der Waals surface area contributed by atoms with Crippen molar-refractivity contribution in [1.82, 2.24) is 19.3 Å². The Morgan fingerprint density at radius 2 is 1.53 bits per heavy atom. The molecule has 0 saturated carbocycles. The van der Waals surface area contributed by atoms with E-state index >= 15 is 0 Å². The molecule has 47 heavy (non-hydrogen) atoms. The maximum Gasteiger partial charge on any atom is 0.137 e. The van der Waals surface area contributed by atoms with E-state index in [2.05, 4.69) is 111 Å². The topological polar surface area (TPSA) is 44.9 Å².